The zero-order valence-corrected chi connectivity index (χ0v) is 13.5. The van der Waals surface area contributed by atoms with Gasteiger partial charge >= 0.3 is 0 Å². The molecule has 2 aromatic rings. The van der Waals surface area contributed by atoms with E-state index in [4.69, 9.17) is 0 Å². The third kappa shape index (κ3) is 2.76. The molecule has 2 aromatic heterocycles. The Labute approximate surface area is 136 Å². The second kappa shape index (κ2) is 5.80. The Kier molecular flexibility index (Phi) is 3.63. The number of amides is 1. The molecular formula is C18H22N4O. The van der Waals surface area contributed by atoms with Gasteiger partial charge in [0.2, 0.25) is 5.91 Å². The fourth-order valence-electron chi connectivity index (χ4n) is 3.49. The van der Waals surface area contributed by atoms with Crippen molar-refractivity contribution in [2.45, 2.75) is 45.2 Å². The summed E-state index contributed by atoms with van der Waals surface area (Å²) in [5.41, 5.74) is 2.35. The van der Waals surface area contributed by atoms with Gasteiger partial charge in [0.1, 0.15) is 5.82 Å². The predicted octanol–water partition coefficient (Wildman–Crippen LogP) is 2.71. The Balaban J connectivity index is 1.62. The number of carbonyl (C=O) groups is 1. The molecule has 0 bridgehead atoms. The van der Waals surface area contributed by atoms with Crippen molar-refractivity contribution in [2.24, 2.45) is 5.92 Å². The molecule has 5 nitrogen and oxygen atoms in total. The number of hydrogen-bond donors (Lipinski definition) is 0. The lowest BCUT2D eigenvalue weighted by Gasteiger charge is -2.25. The highest BCUT2D eigenvalue weighted by Gasteiger charge is 2.40. The average Bonchev–Trinajstić information content (AvgIpc) is 3.21. The Morgan fingerprint density at radius 2 is 2.04 bits per heavy atom. The molecule has 1 saturated heterocycles. The predicted molar refractivity (Wildman–Crippen MR) is 86.7 cm³/mol. The standard InChI is InChI=1S/C18H22N4O/c1-13-11-20-17(22(13)12-14-6-8-19-9-7-14)16-3-2-10-21(16)18(23)15-4-5-15/h6-9,11,15-16H,2-5,10,12H2,1H3. The lowest BCUT2D eigenvalue weighted by Crippen LogP contribution is -2.33. The second-order valence-corrected chi connectivity index (χ2v) is 6.66. The third-order valence-electron chi connectivity index (χ3n) is 4.94. The van der Waals surface area contributed by atoms with E-state index in [-0.39, 0.29) is 12.0 Å². The van der Waals surface area contributed by atoms with Crippen molar-refractivity contribution in [3.8, 4) is 0 Å². The molecule has 0 radical (unpaired) electrons. The topological polar surface area (TPSA) is 51.0 Å². The molecule has 1 saturated carbocycles. The maximum Gasteiger partial charge on any atom is 0.226 e. The molecule has 1 unspecified atom stereocenters. The molecule has 0 N–H and O–H groups in total. The summed E-state index contributed by atoms with van der Waals surface area (Å²) in [5, 5.41) is 0. The smallest absolute Gasteiger partial charge is 0.226 e. The maximum atomic E-state index is 12.5. The van der Waals surface area contributed by atoms with E-state index in [9.17, 15) is 4.79 Å². The molecule has 2 fully saturated rings. The van der Waals surface area contributed by atoms with Crippen LogP contribution in [-0.2, 0) is 11.3 Å². The third-order valence-corrected chi connectivity index (χ3v) is 4.94. The molecule has 1 amide bonds. The number of pyridine rings is 1. The van der Waals surface area contributed by atoms with Crippen LogP contribution in [0.15, 0.2) is 30.7 Å². The first-order valence-corrected chi connectivity index (χ1v) is 8.45. The van der Waals surface area contributed by atoms with E-state index in [1.165, 1.54) is 5.56 Å². The number of nitrogens with zero attached hydrogens (tertiary/aromatic N) is 4. The van der Waals surface area contributed by atoms with Gasteiger partial charge in [0.05, 0.1) is 6.04 Å². The van der Waals surface area contributed by atoms with Crippen LogP contribution in [0.25, 0.3) is 0 Å². The zero-order chi connectivity index (χ0) is 15.8. The minimum atomic E-state index is 0.138. The summed E-state index contributed by atoms with van der Waals surface area (Å²) in [6, 6.07) is 4.20. The molecule has 0 spiro atoms. The number of hydrogen-bond acceptors (Lipinski definition) is 3. The highest BCUT2D eigenvalue weighted by Crippen LogP contribution is 2.38. The highest BCUT2D eigenvalue weighted by molar-refractivity contribution is 5.81. The van der Waals surface area contributed by atoms with Gasteiger partial charge in [0.25, 0.3) is 0 Å². The van der Waals surface area contributed by atoms with Gasteiger partial charge < -0.3 is 9.47 Å². The zero-order valence-electron chi connectivity index (χ0n) is 13.5. The van der Waals surface area contributed by atoms with Gasteiger partial charge in [-0.25, -0.2) is 4.98 Å². The minimum Gasteiger partial charge on any atom is -0.332 e. The fraction of sp³-hybridized carbons (Fsp3) is 0.500. The van der Waals surface area contributed by atoms with E-state index >= 15 is 0 Å². The quantitative estimate of drug-likeness (QED) is 0.872. The molecule has 120 valence electrons. The molecule has 3 heterocycles. The van der Waals surface area contributed by atoms with E-state index in [2.05, 4.69) is 26.4 Å². The van der Waals surface area contributed by atoms with Crippen molar-refractivity contribution in [3.05, 3.63) is 47.8 Å². The number of likely N-dealkylation sites (tertiary alicyclic amines) is 1. The van der Waals surface area contributed by atoms with Crippen LogP contribution < -0.4 is 0 Å². The van der Waals surface area contributed by atoms with Crippen LogP contribution in [0.4, 0.5) is 0 Å². The molecule has 1 aliphatic heterocycles. The van der Waals surface area contributed by atoms with Gasteiger partial charge in [-0.15, -0.1) is 0 Å². The summed E-state index contributed by atoms with van der Waals surface area (Å²) >= 11 is 0. The lowest BCUT2D eigenvalue weighted by molar-refractivity contribution is -0.133. The van der Waals surface area contributed by atoms with Crippen molar-refractivity contribution in [2.75, 3.05) is 6.54 Å². The van der Waals surface area contributed by atoms with Crippen molar-refractivity contribution in [1.29, 1.82) is 0 Å². The Bertz CT molecular complexity index is 705. The van der Waals surface area contributed by atoms with Gasteiger partial charge in [-0.2, -0.15) is 0 Å². The first-order valence-electron chi connectivity index (χ1n) is 8.45. The van der Waals surface area contributed by atoms with Crippen molar-refractivity contribution in [1.82, 2.24) is 19.4 Å². The van der Waals surface area contributed by atoms with E-state index in [1.54, 1.807) is 0 Å². The molecule has 0 aromatic carbocycles. The molecular weight excluding hydrogens is 288 g/mol. The van der Waals surface area contributed by atoms with Crippen LogP contribution in [0.5, 0.6) is 0 Å². The van der Waals surface area contributed by atoms with Gasteiger partial charge in [-0.05, 0) is 50.3 Å². The lowest BCUT2D eigenvalue weighted by atomic mass is 10.2. The maximum absolute atomic E-state index is 12.5. The molecule has 2 aliphatic rings. The SMILES string of the molecule is Cc1cnc(C2CCCN2C(=O)C2CC2)n1Cc1ccncc1. The van der Waals surface area contributed by atoms with Crippen molar-refractivity contribution < 1.29 is 4.79 Å². The van der Waals surface area contributed by atoms with Crippen LogP contribution >= 0.6 is 0 Å². The van der Waals surface area contributed by atoms with E-state index in [0.717, 1.165) is 50.3 Å². The average molecular weight is 310 g/mol. The normalized spacial score (nSPS) is 20.9. The van der Waals surface area contributed by atoms with Crippen LogP contribution in [0.1, 0.15) is 48.8 Å². The van der Waals surface area contributed by atoms with Crippen LogP contribution in [-0.4, -0.2) is 31.9 Å². The number of aromatic nitrogens is 3. The molecule has 1 atom stereocenters. The molecule has 1 aliphatic carbocycles. The largest absolute Gasteiger partial charge is 0.332 e. The minimum absolute atomic E-state index is 0.138. The van der Waals surface area contributed by atoms with Crippen molar-refractivity contribution in [3.63, 3.8) is 0 Å². The Morgan fingerprint density at radius 1 is 1.26 bits per heavy atom. The monoisotopic (exact) mass is 310 g/mol. The summed E-state index contributed by atoms with van der Waals surface area (Å²) in [7, 11) is 0. The summed E-state index contributed by atoms with van der Waals surface area (Å²) in [5.74, 6) is 1.65. The van der Waals surface area contributed by atoms with E-state index in [1.807, 2.05) is 30.7 Å². The van der Waals surface area contributed by atoms with Gasteiger partial charge in [-0.3, -0.25) is 9.78 Å². The number of carbonyl (C=O) groups excluding carboxylic acids is 1. The van der Waals surface area contributed by atoms with Crippen LogP contribution in [0.3, 0.4) is 0 Å². The van der Waals surface area contributed by atoms with Crippen molar-refractivity contribution >= 4 is 5.91 Å². The summed E-state index contributed by atoms with van der Waals surface area (Å²) in [6.07, 6.45) is 9.78. The Hall–Kier alpha value is -2.17. The summed E-state index contributed by atoms with van der Waals surface area (Å²) in [4.78, 5) is 23.4. The van der Waals surface area contributed by atoms with Crippen LogP contribution in [0, 0.1) is 12.8 Å². The second-order valence-electron chi connectivity index (χ2n) is 6.66. The van der Waals surface area contributed by atoms with E-state index < -0.39 is 0 Å². The number of imidazole rings is 1. The molecule has 5 heteroatoms. The molecule has 4 rings (SSSR count). The van der Waals surface area contributed by atoms with Gasteiger partial charge in [0, 0.05) is 43.3 Å². The van der Waals surface area contributed by atoms with Gasteiger partial charge in [-0.1, -0.05) is 0 Å². The first-order chi connectivity index (χ1) is 11.2. The first kappa shape index (κ1) is 14.4. The van der Waals surface area contributed by atoms with Crippen LogP contribution in [0.2, 0.25) is 0 Å². The summed E-state index contributed by atoms with van der Waals surface area (Å²) < 4.78 is 2.25. The number of rotatable bonds is 4. The van der Waals surface area contributed by atoms with Gasteiger partial charge in [0.15, 0.2) is 0 Å². The van der Waals surface area contributed by atoms with E-state index in [0.29, 0.717) is 5.91 Å². The Morgan fingerprint density at radius 3 is 2.78 bits per heavy atom. The highest BCUT2D eigenvalue weighted by atomic mass is 16.2. The number of aryl methyl sites for hydroxylation is 1. The fourth-order valence-corrected chi connectivity index (χ4v) is 3.49. The summed E-state index contributed by atoms with van der Waals surface area (Å²) in [6.45, 7) is 3.74. The molecule has 23 heavy (non-hydrogen) atoms.